The fourth-order valence-electron chi connectivity index (χ4n) is 2.55. The second-order valence-electron chi connectivity index (χ2n) is 4.60. The lowest BCUT2D eigenvalue weighted by atomic mass is 9.82. The predicted molar refractivity (Wildman–Crippen MR) is 68.0 cm³/mol. The number of hydrogen-bond acceptors (Lipinski definition) is 5. The summed E-state index contributed by atoms with van der Waals surface area (Å²) in [5.41, 5.74) is -0.0926. The van der Waals surface area contributed by atoms with Crippen molar-refractivity contribution in [3.05, 3.63) is 6.33 Å². The van der Waals surface area contributed by atoms with E-state index in [1.165, 1.54) is 12.7 Å². The van der Waals surface area contributed by atoms with E-state index in [0.717, 1.165) is 31.0 Å². The number of nitrogens with zero attached hydrogens (tertiary/aromatic N) is 2. The number of thioether (sulfide) groups is 1. The zero-order valence-corrected chi connectivity index (χ0v) is 11.0. The average molecular weight is 256 g/mol. The van der Waals surface area contributed by atoms with E-state index >= 15 is 0 Å². The van der Waals surface area contributed by atoms with E-state index in [1.54, 1.807) is 11.8 Å². The van der Waals surface area contributed by atoms with Crippen LogP contribution in [0.1, 0.15) is 32.6 Å². The molecule has 2 atom stereocenters. The zero-order chi connectivity index (χ0) is 12.1. The highest BCUT2D eigenvalue weighted by molar-refractivity contribution is 7.99. The molecule has 0 bridgehead atoms. The maximum atomic E-state index is 9.61. The molecule has 0 radical (unpaired) electrons. The molecule has 1 aliphatic rings. The van der Waals surface area contributed by atoms with Crippen LogP contribution in [0, 0.1) is 0 Å². The van der Waals surface area contributed by atoms with Gasteiger partial charge in [0.25, 0.3) is 0 Å². The van der Waals surface area contributed by atoms with E-state index in [-0.39, 0.29) is 12.1 Å². The Balaban J connectivity index is 1.96. The molecule has 1 fully saturated rings. The Morgan fingerprint density at radius 1 is 1.71 bits per heavy atom. The van der Waals surface area contributed by atoms with Gasteiger partial charge in [0.05, 0.1) is 6.61 Å². The molecule has 1 aromatic rings. The summed E-state index contributed by atoms with van der Waals surface area (Å²) < 4.78 is 0. The largest absolute Gasteiger partial charge is 0.394 e. The third-order valence-electron chi connectivity index (χ3n) is 3.33. The summed E-state index contributed by atoms with van der Waals surface area (Å²) in [4.78, 5) is 4.14. The van der Waals surface area contributed by atoms with Crippen LogP contribution in [0.3, 0.4) is 0 Å². The highest BCUT2D eigenvalue weighted by Gasteiger charge is 2.35. The van der Waals surface area contributed by atoms with E-state index in [4.69, 9.17) is 0 Å². The van der Waals surface area contributed by atoms with Crippen LogP contribution in [-0.2, 0) is 0 Å². The van der Waals surface area contributed by atoms with E-state index in [1.807, 2.05) is 0 Å². The average Bonchev–Trinajstić information content (AvgIpc) is 2.83. The molecule has 0 spiro atoms. The molecule has 2 unspecified atom stereocenters. The highest BCUT2D eigenvalue weighted by atomic mass is 32.2. The van der Waals surface area contributed by atoms with Crippen molar-refractivity contribution in [3.63, 3.8) is 0 Å². The minimum absolute atomic E-state index is 0.0926. The minimum atomic E-state index is -0.0926. The molecule has 0 amide bonds. The lowest BCUT2D eigenvalue weighted by Gasteiger charge is -2.39. The van der Waals surface area contributed by atoms with E-state index in [9.17, 15) is 5.11 Å². The van der Waals surface area contributed by atoms with Crippen LogP contribution in [0.2, 0.25) is 0 Å². The topological polar surface area (TPSA) is 73.8 Å². The first-order chi connectivity index (χ1) is 8.28. The van der Waals surface area contributed by atoms with Crippen molar-refractivity contribution in [2.75, 3.05) is 13.2 Å². The molecule has 5 nitrogen and oxygen atoms in total. The molecule has 1 saturated carbocycles. The number of aliphatic hydroxyl groups is 1. The number of likely N-dealkylation sites (N-methyl/N-ethyl adjacent to an activating group) is 1. The van der Waals surface area contributed by atoms with Gasteiger partial charge in [0.15, 0.2) is 5.16 Å². The van der Waals surface area contributed by atoms with Crippen LogP contribution in [-0.4, -0.2) is 44.2 Å². The van der Waals surface area contributed by atoms with Crippen LogP contribution < -0.4 is 5.32 Å². The molecule has 96 valence electrons. The summed E-state index contributed by atoms with van der Waals surface area (Å²) in [6, 6.07) is 0. The Labute approximate surface area is 106 Å². The number of aromatic nitrogens is 3. The SMILES string of the molecule is CCNC1(CO)CCCC(Sc2ncn[nH]2)C1. The lowest BCUT2D eigenvalue weighted by Crippen LogP contribution is -2.52. The molecule has 1 heterocycles. The van der Waals surface area contributed by atoms with Crippen LogP contribution in [0.4, 0.5) is 0 Å². The van der Waals surface area contributed by atoms with Gasteiger partial charge in [0.1, 0.15) is 6.33 Å². The molecule has 2 rings (SSSR count). The molecular formula is C11H20N4OS. The van der Waals surface area contributed by atoms with Gasteiger partial charge in [-0.3, -0.25) is 5.10 Å². The van der Waals surface area contributed by atoms with E-state index in [2.05, 4.69) is 27.4 Å². The number of nitrogens with one attached hydrogen (secondary N) is 2. The first kappa shape index (κ1) is 12.9. The number of H-pyrrole nitrogens is 1. The third kappa shape index (κ3) is 3.20. The molecule has 17 heavy (non-hydrogen) atoms. The number of aliphatic hydroxyl groups excluding tert-OH is 1. The van der Waals surface area contributed by atoms with E-state index in [0.29, 0.717) is 5.25 Å². The van der Waals surface area contributed by atoms with Crippen LogP contribution in [0.15, 0.2) is 11.5 Å². The second-order valence-corrected chi connectivity index (χ2v) is 5.88. The van der Waals surface area contributed by atoms with Gasteiger partial charge in [0, 0.05) is 10.8 Å². The van der Waals surface area contributed by atoms with Crippen molar-refractivity contribution in [2.45, 2.75) is 48.6 Å². The van der Waals surface area contributed by atoms with Crippen molar-refractivity contribution < 1.29 is 5.11 Å². The Morgan fingerprint density at radius 3 is 3.24 bits per heavy atom. The summed E-state index contributed by atoms with van der Waals surface area (Å²) in [7, 11) is 0. The highest BCUT2D eigenvalue weighted by Crippen LogP contribution is 2.36. The maximum absolute atomic E-state index is 9.61. The lowest BCUT2D eigenvalue weighted by molar-refractivity contribution is 0.125. The van der Waals surface area contributed by atoms with Gasteiger partial charge >= 0.3 is 0 Å². The fourth-order valence-corrected chi connectivity index (χ4v) is 3.77. The molecule has 6 heteroatoms. The molecule has 0 saturated heterocycles. The second kappa shape index (κ2) is 5.84. The van der Waals surface area contributed by atoms with Crippen LogP contribution in [0.5, 0.6) is 0 Å². The summed E-state index contributed by atoms with van der Waals surface area (Å²) in [5, 5.41) is 21.2. The normalized spacial score (nSPS) is 29.4. The quantitative estimate of drug-likeness (QED) is 0.738. The molecule has 1 aromatic heterocycles. The first-order valence-electron chi connectivity index (χ1n) is 6.16. The molecular weight excluding hydrogens is 236 g/mol. The standard InChI is InChI=1S/C11H20N4OS/c1-2-13-11(7-16)5-3-4-9(6-11)17-10-12-8-14-15-10/h8-9,13,16H,2-7H2,1H3,(H,12,14,15). The van der Waals surface area contributed by atoms with Crippen molar-refractivity contribution in [2.24, 2.45) is 0 Å². The van der Waals surface area contributed by atoms with Crippen LogP contribution in [0.25, 0.3) is 0 Å². The van der Waals surface area contributed by atoms with Gasteiger partial charge in [-0.2, -0.15) is 5.10 Å². The van der Waals surface area contributed by atoms with Gasteiger partial charge in [-0.25, -0.2) is 4.98 Å². The monoisotopic (exact) mass is 256 g/mol. The van der Waals surface area contributed by atoms with Gasteiger partial charge in [0.2, 0.25) is 0 Å². The van der Waals surface area contributed by atoms with Crippen molar-refractivity contribution in [1.29, 1.82) is 0 Å². The molecule has 0 aliphatic heterocycles. The Kier molecular flexibility index (Phi) is 4.42. The number of aromatic amines is 1. The van der Waals surface area contributed by atoms with Gasteiger partial charge < -0.3 is 10.4 Å². The minimum Gasteiger partial charge on any atom is -0.394 e. The van der Waals surface area contributed by atoms with Gasteiger partial charge in [-0.15, -0.1) is 0 Å². The zero-order valence-electron chi connectivity index (χ0n) is 10.1. The number of hydrogen-bond donors (Lipinski definition) is 3. The third-order valence-corrected chi connectivity index (χ3v) is 4.48. The molecule has 0 aromatic carbocycles. The molecule has 3 N–H and O–H groups in total. The molecule has 1 aliphatic carbocycles. The Morgan fingerprint density at radius 2 is 2.59 bits per heavy atom. The van der Waals surface area contributed by atoms with Crippen molar-refractivity contribution in [3.8, 4) is 0 Å². The summed E-state index contributed by atoms with van der Waals surface area (Å²) in [6.07, 6.45) is 5.92. The van der Waals surface area contributed by atoms with Crippen LogP contribution >= 0.6 is 11.8 Å². The summed E-state index contributed by atoms with van der Waals surface area (Å²) in [5.74, 6) is 0. The smallest absolute Gasteiger partial charge is 0.183 e. The van der Waals surface area contributed by atoms with Gasteiger partial charge in [-0.05, 0) is 25.8 Å². The van der Waals surface area contributed by atoms with Crippen molar-refractivity contribution >= 4 is 11.8 Å². The Hall–Kier alpha value is -0.590. The maximum Gasteiger partial charge on any atom is 0.183 e. The Bertz CT molecular complexity index is 328. The summed E-state index contributed by atoms with van der Waals surface area (Å²) >= 11 is 1.73. The fraction of sp³-hybridized carbons (Fsp3) is 0.818. The van der Waals surface area contributed by atoms with Gasteiger partial charge in [-0.1, -0.05) is 25.1 Å². The summed E-state index contributed by atoms with van der Waals surface area (Å²) in [6.45, 7) is 3.21. The van der Waals surface area contributed by atoms with Crippen molar-refractivity contribution in [1.82, 2.24) is 20.5 Å². The number of rotatable bonds is 5. The first-order valence-corrected chi connectivity index (χ1v) is 7.04. The van der Waals surface area contributed by atoms with E-state index < -0.39 is 0 Å². The predicted octanol–water partition coefficient (Wildman–Crippen LogP) is 1.18.